The molecule has 3 atom stereocenters. The predicted molar refractivity (Wildman–Crippen MR) is 147 cm³/mol. The molecule has 39 heavy (non-hydrogen) atoms. The predicted octanol–water partition coefficient (Wildman–Crippen LogP) is 2.47. The van der Waals surface area contributed by atoms with Crippen LogP contribution in [0.3, 0.4) is 0 Å². The first kappa shape index (κ1) is 33.9. The molecule has 11 heteroatoms. The fourth-order valence-electron chi connectivity index (χ4n) is 3.87. The smallest absolute Gasteiger partial charge is 0.408 e. The van der Waals surface area contributed by atoms with E-state index in [4.69, 9.17) is 9.47 Å². The van der Waals surface area contributed by atoms with Crippen LogP contribution in [0, 0.1) is 17.8 Å². The quantitative estimate of drug-likeness (QED) is 0.240. The molecule has 1 aromatic heterocycles. The molecule has 3 amide bonds. The zero-order chi connectivity index (χ0) is 29.9. The van der Waals surface area contributed by atoms with Crippen LogP contribution in [-0.4, -0.2) is 58.8 Å². The second-order valence-corrected chi connectivity index (χ2v) is 12.2. The maximum Gasteiger partial charge on any atom is 0.408 e. The highest BCUT2D eigenvalue weighted by atomic mass is 16.6. The molecule has 1 heterocycles. The molecule has 0 aliphatic rings. The van der Waals surface area contributed by atoms with Crippen LogP contribution < -0.4 is 20.5 Å². The Morgan fingerprint density at radius 2 is 1.46 bits per heavy atom. The number of aromatic nitrogens is 2. The minimum atomic E-state index is -0.921. The van der Waals surface area contributed by atoms with Gasteiger partial charge in [0.2, 0.25) is 18.1 Å². The summed E-state index contributed by atoms with van der Waals surface area (Å²) in [5.74, 6) is -1.56. The van der Waals surface area contributed by atoms with E-state index >= 15 is 0 Å². The van der Waals surface area contributed by atoms with Gasteiger partial charge in [0, 0.05) is 0 Å². The number of hydrogen-bond acceptors (Lipinski definition) is 6. The molecule has 0 spiro atoms. The van der Waals surface area contributed by atoms with Gasteiger partial charge in [-0.25, -0.2) is 18.7 Å². The first-order valence-electron chi connectivity index (χ1n) is 13.8. The van der Waals surface area contributed by atoms with E-state index in [1.807, 2.05) is 62.6 Å². The molecular formula is C28H50N5O6+. The Hall–Kier alpha value is -3.11. The lowest BCUT2D eigenvalue weighted by molar-refractivity contribution is -0.671. The molecule has 0 saturated carbocycles. The van der Waals surface area contributed by atoms with Gasteiger partial charge in [-0.2, -0.15) is 0 Å². The van der Waals surface area contributed by atoms with Crippen LogP contribution >= 0.6 is 0 Å². The number of aryl methyl sites for hydroxylation is 1. The van der Waals surface area contributed by atoms with Crippen LogP contribution in [0.15, 0.2) is 18.7 Å². The summed E-state index contributed by atoms with van der Waals surface area (Å²) in [6.45, 7) is 17.2. The summed E-state index contributed by atoms with van der Waals surface area (Å²) in [4.78, 5) is 51.8. The number of carbonyl (C=O) groups excluding carboxylic acids is 4. The van der Waals surface area contributed by atoms with Crippen molar-refractivity contribution in [2.45, 2.75) is 105 Å². The standard InChI is InChI=1S/C28H49N5O6/c1-18(2)15-21(30-27(37)39-28(7,8)9)24(34)31-23(20(5)6)25(35)29-22(16-19(3)4)26(36)38-14-13-33-12-11-32(10)17-33/h11-12,17-23H,13-16H2,1-10H3,(H2-,29,30,31,34,35,37)/p+1/t21-,22-,23-/m0/s1. The summed E-state index contributed by atoms with van der Waals surface area (Å²) in [7, 11) is 1.90. The monoisotopic (exact) mass is 552 g/mol. The number of nitrogens with one attached hydrogen (secondary N) is 3. The summed E-state index contributed by atoms with van der Waals surface area (Å²) in [6.07, 6.45) is 5.68. The lowest BCUT2D eigenvalue weighted by atomic mass is 9.98. The van der Waals surface area contributed by atoms with Gasteiger partial charge in [-0.3, -0.25) is 9.59 Å². The zero-order valence-corrected chi connectivity index (χ0v) is 25.4. The van der Waals surface area contributed by atoms with Crippen molar-refractivity contribution >= 4 is 23.9 Å². The number of ether oxygens (including phenoxy) is 2. The van der Waals surface area contributed by atoms with E-state index in [9.17, 15) is 19.2 Å². The van der Waals surface area contributed by atoms with Gasteiger partial charge < -0.3 is 25.4 Å². The molecule has 0 aliphatic heterocycles. The first-order chi connectivity index (χ1) is 18.0. The topological polar surface area (TPSA) is 132 Å². The normalized spacial score (nSPS) is 14.1. The fourth-order valence-corrected chi connectivity index (χ4v) is 3.87. The first-order valence-corrected chi connectivity index (χ1v) is 13.8. The van der Waals surface area contributed by atoms with Crippen molar-refractivity contribution in [1.82, 2.24) is 20.5 Å². The summed E-state index contributed by atoms with van der Waals surface area (Å²) in [5, 5.41) is 8.19. The van der Waals surface area contributed by atoms with Gasteiger partial charge in [-0.1, -0.05) is 41.5 Å². The van der Waals surface area contributed by atoms with Crippen molar-refractivity contribution in [3.05, 3.63) is 18.7 Å². The van der Waals surface area contributed by atoms with Crippen LogP contribution in [0.25, 0.3) is 0 Å². The number of hydrogen-bond donors (Lipinski definition) is 3. The third-order valence-electron chi connectivity index (χ3n) is 5.69. The number of esters is 1. The molecule has 0 fully saturated rings. The second-order valence-electron chi connectivity index (χ2n) is 12.2. The summed E-state index contributed by atoms with van der Waals surface area (Å²) >= 11 is 0. The zero-order valence-electron chi connectivity index (χ0n) is 25.4. The summed E-state index contributed by atoms with van der Waals surface area (Å²) in [6, 6.07) is -2.67. The number of carbonyl (C=O) groups is 4. The Labute approximate surface area is 233 Å². The van der Waals surface area contributed by atoms with Crippen molar-refractivity contribution in [2.24, 2.45) is 24.8 Å². The van der Waals surface area contributed by atoms with Crippen LogP contribution in [0.2, 0.25) is 0 Å². The molecule has 0 unspecified atom stereocenters. The number of alkyl carbamates (subject to hydrolysis) is 1. The molecule has 1 aromatic rings. The van der Waals surface area contributed by atoms with Crippen molar-refractivity contribution in [3.63, 3.8) is 0 Å². The number of nitrogens with zero attached hydrogens (tertiary/aromatic N) is 2. The summed E-state index contributed by atoms with van der Waals surface area (Å²) in [5.41, 5.74) is -0.719. The number of imidazole rings is 1. The molecule has 0 radical (unpaired) electrons. The van der Waals surface area contributed by atoms with Gasteiger partial charge in [-0.05, 0) is 51.4 Å². The van der Waals surface area contributed by atoms with E-state index in [0.29, 0.717) is 19.4 Å². The van der Waals surface area contributed by atoms with Crippen molar-refractivity contribution in [3.8, 4) is 0 Å². The fraction of sp³-hybridized carbons (Fsp3) is 0.750. The molecule has 0 aromatic carbocycles. The SMILES string of the molecule is CC(C)C[C@H](NC(=O)OC(C)(C)C)C(=O)N[C@H](C(=O)N[C@@H](CC(C)C)C(=O)OCCn1cc[n+](C)c1)C(C)C. The highest BCUT2D eigenvalue weighted by molar-refractivity contribution is 5.93. The van der Waals surface area contributed by atoms with Crippen molar-refractivity contribution in [2.75, 3.05) is 6.61 Å². The molecular weight excluding hydrogens is 502 g/mol. The van der Waals surface area contributed by atoms with E-state index in [0.717, 1.165) is 0 Å². The third-order valence-corrected chi connectivity index (χ3v) is 5.69. The molecule has 0 saturated heterocycles. The second kappa shape index (κ2) is 15.5. The Balaban J connectivity index is 2.91. The van der Waals surface area contributed by atoms with Gasteiger partial charge in [0.05, 0.1) is 7.05 Å². The van der Waals surface area contributed by atoms with Gasteiger partial charge in [-0.15, -0.1) is 0 Å². The van der Waals surface area contributed by atoms with Crippen LogP contribution in [-0.2, 0) is 37.4 Å². The lowest BCUT2D eigenvalue weighted by Crippen LogP contribution is -2.58. The average Bonchev–Trinajstić information content (AvgIpc) is 3.18. The third kappa shape index (κ3) is 13.5. The number of rotatable bonds is 14. The van der Waals surface area contributed by atoms with Gasteiger partial charge in [0.15, 0.2) is 0 Å². The van der Waals surface area contributed by atoms with Crippen LogP contribution in [0.4, 0.5) is 4.79 Å². The van der Waals surface area contributed by atoms with Gasteiger partial charge in [0.1, 0.15) is 49.3 Å². The molecule has 3 N–H and O–H groups in total. The number of amides is 3. The minimum Gasteiger partial charge on any atom is -0.460 e. The Kier molecular flexibility index (Phi) is 13.5. The van der Waals surface area contributed by atoms with E-state index in [-0.39, 0.29) is 24.4 Å². The van der Waals surface area contributed by atoms with Crippen LogP contribution in [0.1, 0.15) is 75.2 Å². The Bertz CT molecular complexity index is 950. The van der Waals surface area contributed by atoms with Crippen LogP contribution in [0.5, 0.6) is 0 Å². The largest absolute Gasteiger partial charge is 0.460 e. The van der Waals surface area contributed by atoms with E-state index in [2.05, 4.69) is 16.0 Å². The minimum absolute atomic E-state index is 0.0984. The molecule has 222 valence electrons. The Morgan fingerprint density at radius 3 is 1.95 bits per heavy atom. The average molecular weight is 553 g/mol. The lowest BCUT2D eigenvalue weighted by Gasteiger charge is -2.28. The molecule has 11 nitrogen and oxygen atoms in total. The molecule has 1 rings (SSSR count). The van der Waals surface area contributed by atoms with E-state index < -0.39 is 47.6 Å². The molecule has 0 bridgehead atoms. The summed E-state index contributed by atoms with van der Waals surface area (Å²) < 4.78 is 14.6. The Morgan fingerprint density at radius 1 is 0.872 bits per heavy atom. The van der Waals surface area contributed by atoms with Crippen molar-refractivity contribution in [1.29, 1.82) is 0 Å². The maximum absolute atomic E-state index is 13.3. The van der Waals surface area contributed by atoms with Gasteiger partial charge >= 0.3 is 12.1 Å². The molecule has 0 aliphatic carbocycles. The highest BCUT2D eigenvalue weighted by Gasteiger charge is 2.33. The van der Waals surface area contributed by atoms with E-state index in [1.54, 1.807) is 34.6 Å². The van der Waals surface area contributed by atoms with E-state index in [1.165, 1.54) is 0 Å². The van der Waals surface area contributed by atoms with Crippen molar-refractivity contribution < 1.29 is 33.2 Å². The highest BCUT2D eigenvalue weighted by Crippen LogP contribution is 2.12. The maximum atomic E-state index is 13.3. The van der Waals surface area contributed by atoms with Gasteiger partial charge in [0.25, 0.3) is 0 Å².